The Bertz CT molecular complexity index is 1620. The van der Waals surface area contributed by atoms with Crippen molar-refractivity contribution >= 4 is 33.2 Å². The summed E-state index contributed by atoms with van der Waals surface area (Å²) < 4.78 is 4.58. The highest BCUT2D eigenvalue weighted by Crippen LogP contribution is 2.36. The summed E-state index contributed by atoms with van der Waals surface area (Å²) in [5.41, 5.74) is 7.90. The minimum absolute atomic E-state index is 0.0368. The third kappa shape index (κ3) is 4.52. The van der Waals surface area contributed by atoms with E-state index in [2.05, 4.69) is 119 Å². The van der Waals surface area contributed by atoms with Gasteiger partial charge >= 0.3 is 0 Å². The number of aromatic nitrogens is 2. The molecular formula is C34H28N2O. The summed E-state index contributed by atoms with van der Waals surface area (Å²) in [6.07, 6.45) is 6.20. The van der Waals surface area contributed by atoms with Crippen LogP contribution in [0.4, 0.5) is 0 Å². The van der Waals surface area contributed by atoms with Crippen molar-refractivity contribution in [2.45, 2.75) is 20.0 Å². The van der Waals surface area contributed by atoms with Gasteiger partial charge in [-0.3, -0.25) is 4.79 Å². The molecule has 0 amide bonds. The molecule has 0 bridgehead atoms. The number of ketones is 1. The molecule has 0 aliphatic rings. The Morgan fingerprint density at radius 1 is 0.595 bits per heavy atom. The van der Waals surface area contributed by atoms with E-state index >= 15 is 0 Å². The Balaban J connectivity index is 1.53. The summed E-state index contributed by atoms with van der Waals surface area (Å²) in [5.74, 6) is 0.0368. The van der Waals surface area contributed by atoms with E-state index < -0.39 is 0 Å². The van der Waals surface area contributed by atoms with Gasteiger partial charge in [0.1, 0.15) is 0 Å². The summed E-state index contributed by atoms with van der Waals surface area (Å²) in [6, 6.07) is 37.9. The van der Waals surface area contributed by atoms with Crippen LogP contribution in [0.25, 0.3) is 27.4 Å². The number of hydrogen-bond donors (Lipinski definition) is 0. The molecule has 0 aliphatic heterocycles. The Labute approximate surface area is 216 Å². The average molecular weight is 481 g/mol. The zero-order valence-electron chi connectivity index (χ0n) is 20.8. The number of allylic oxidation sites excluding steroid dienone is 1. The largest absolute Gasteiger partial charge is 0.342 e. The number of para-hydroxylation sites is 2. The minimum Gasteiger partial charge on any atom is -0.342 e. The predicted octanol–water partition coefficient (Wildman–Crippen LogP) is 7.71. The van der Waals surface area contributed by atoms with E-state index in [0.29, 0.717) is 0 Å². The average Bonchev–Trinajstić information content (AvgIpc) is 3.47. The van der Waals surface area contributed by atoms with Gasteiger partial charge in [-0.05, 0) is 41.8 Å². The molecule has 6 aromatic rings. The zero-order chi connectivity index (χ0) is 25.2. The van der Waals surface area contributed by atoms with Gasteiger partial charge in [0.2, 0.25) is 0 Å². The fourth-order valence-electron chi connectivity index (χ4n) is 5.25. The first-order valence-corrected chi connectivity index (χ1v) is 12.6. The SMILES string of the molecule is CC(=O)C=C(c1cn(Cc2ccccc2)c2ccccc12)c1cn(Cc2ccccc2)c2ccccc12. The van der Waals surface area contributed by atoms with Crippen molar-refractivity contribution in [2.75, 3.05) is 0 Å². The molecule has 0 unspecified atom stereocenters. The van der Waals surface area contributed by atoms with E-state index in [1.807, 2.05) is 12.1 Å². The number of benzene rings is 4. The quantitative estimate of drug-likeness (QED) is 0.215. The van der Waals surface area contributed by atoms with Crippen LogP contribution >= 0.6 is 0 Å². The fourth-order valence-corrected chi connectivity index (χ4v) is 5.25. The molecular weight excluding hydrogens is 452 g/mol. The van der Waals surface area contributed by atoms with Crippen molar-refractivity contribution in [1.29, 1.82) is 0 Å². The van der Waals surface area contributed by atoms with Crippen LogP contribution in [0, 0.1) is 0 Å². The summed E-state index contributed by atoms with van der Waals surface area (Å²) in [6.45, 7) is 3.17. The number of fused-ring (bicyclic) bond motifs is 2. The molecule has 0 N–H and O–H groups in total. The molecule has 3 nitrogen and oxygen atoms in total. The first kappa shape index (κ1) is 22.8. The van der Waals surface area contributed by atoms with Crippen LogP contribution in [0.2, 0.25) is 0 Å². The standard InChI is InChI=1S/C34H28N2O/c1-25(37)20-30(31-23-35(21-26-12-4-2-5-13-26)33-18-10-8-16-28(31)33)32-24-36(22-27-14-6-3-7-15-27)34-19-11-9-17-29(32)34/h2-20,23-24H,21-22H2,1H3. The van der Waals surface area contributed by atoms with Gasteiger partial charge < -0.3 is 9.13 Å². The molecule has 0 saturated carbocycles. The number of hydrogen-bond acceptors (Lipinski definition) is 1. The van der Waals surface area contributed by atoms with E-state index in [4.69, 9.17) is 0 Å². The van der Waals surface area contributed by atoms with Crippen LogP contribution in [0.15, 0.2) is 128 Å². The van der Waals surface area contributed by atoms with Crippen LogP contribution in [0.3, 0.4) is 0 Å². The smallest absolute Gasteiger partial charge is 0.153 e. The lowest BCUT2D eigenvalue weighted by Crippen LogP contribution is -1.98. The molecule has 4 aromatic carbocycles. The molecule has 180 valence electrons. The second-order valence-electron chi connectivity index (χ2n) is 9.52. The maximum Gasteiger partial charge on any atom is 0.153 e. The summed E-state index contributed by atoms with van der Waals surface area (Å²) >= 11 is 0. The maximum absolute atomic E-state index is 12.6. The van der Waals surface area contributed by atoms with E-state index in [9.17, 15) is 4.79 Å². The van der Waals surface area contributed by atoms with E-state index in [1.165, 1.54) is 11.1 Å². The van der Waals surface area contributed by atoms with Gasteiger partial charge in [-0.1, -0.05) is 97.1 Å². The van der Waals surface area contributed by atoms with Crippen LogP contribution in [0.5, 0.6) is 0 Å². The molecule has 6 rings (SSSR count). The van der Waals surface area contributed by atoms with Crippen LogP contribution in [0.1, 0.15) is 29.2 Å². The number of carbonyl (C=O) groups is 1. The van der Waals surface area contributed by atoms with Gasteiger partial charge in [0, 0.05) is 58.4 Å². The highest BCUT2D eigenvalue weighted by atomic mass is 16.1. The molecule has 0 fully saturated rings. The van der Waals surface area contributed by atoms with Crippen molar-refractivity contribution in [3.05, 3.63) is 150 Å². The topological polar surface area (TPSA) is 26.9 Å². The lowest BCUT2D eigenvalue weighted by molar-refractivity contribution is -0.112. The summed E-state index contributed by atoms with van der Waals surface area (Å²) in [4.78, 5) is 12.6. The highest BCUT2D eigenvalue weighted by molar-refractivity contribution is 6.09. The summed E-state index contributed by atoms with van der Waals surface area (Å²) in [5, 5.41) is 2.29. The monoisotopic (exact) mass is 480 g/mol. The minimum atomic E-state index is 0.0368. The Morgan fingerprint density at radius 3 is 1.43 bits per heavy atom. The van der Waals surface area contributed by atoms with E-state index in [-0.39, 0.29) is 5.78 Å². The first-order valence-electron chi connectivity index (χ1n) is 12.6. The number of rotatable bonds is 7. The van der Waals surface area contributed by atoms with Gasteiger partial charge in [0.15, 0.2) is 5.78 Å². The molecule has 37 heavy (non-hydrogen) atoms. The fraction of sp³-hybridized carbons (Fsp3) is 0.0882. The molecule has 0 atom stereocenters. The predicted molar refractivity (Wildman–Crippen MR) is 153 cm³/mol. The second kappa shape index (κ2) is 9.79. The van der Waals surface area contributed by atoms with Gasteiger partial charge in [-0.25, -0.2) is 0 Å². The van der Waals surface area contributed by atoms with Gasteiger partial charge in [-0.2, -0.15) is 0 Å². The molecule has 0 aliphatic carbocycles. The Kier molecular flexibility index (Phi) is 6.03. The lowest BCUT2D eigenvalue weighted by atomic mass is 9.96. The van der Waals surface area contributed by atoms with Crippen molar-refractivity contribution in [3.8, 4) is 0 Å². The van der Waals surface area contributed by atoms with Crippen LogP contribution in [-0.4, -0.2) is 14.9 Å². The third-order valence-electron chi connectivity index (χ3n) is 6.90. The first-order chi connectivity index (χ1) is 18.2. The molecule has 0 radical (unpaired) electrons. The molecule has 0 spiro atoms. The maximum atomic E-state index is 12.6. The lowest BCUT2D eigenvalue weighted by Gasteiger charge is -2.06. The highest BCUT2D eigenvalue weighted by Gasteiger charge is 2.19. The Hall–Kier alpha value is -4.63. The van der Waals surface area contributed by atoms with Crippen molar-refractivity contribution < 1.29 is 4.79 Å². The molecule has 2 aromatic heterocycles. The summed E-state index contributed by atoms with van der Waals surface area (Å²) in [7, 11) is 0. The van der Waals surface area contributed by atoms with Gasteiger partial charge in [0.05, 0.1) is 0 Å². The number of carbonyl (C=O) groups excluding carboxylic acids is 1. The van der Waals surface area contributed by atoms with Crippen molar-refractivity contribution in [1.82, 2.24) is 9.13 Å². The van der Waals surface area contributed by atoms with E-state index in [0.717, 1.165) is 51.6 Å². The molecule has 2 heterocycles. The Morgan fingerprint density at radius 2 is 1.00 bits per heavy atom. The zero-order valence-corrected chi connectivity index (χ0v) is 20.8. The van der Waals surface area contributed by atoms with Crippen LogP contribution < -0.4 is 0 Å². The second-order valence-corrected chi connectivity index (χ2v) is 9.52. The van der Waals surface area contributed by atoms with Gasteiger partial charge in [-0.15, -0.1) is 0 Å². The number of nitrogens with zero attached hydrogens (tertiary/aromatic N) is 2. The normalized spacial score (nSPS) is 11.2. The third-order valence-corrected chi connectivity index (χ3v) is 6.90. The van der Waals surface area contributed by atoms with Gasteiger partial charge in [0.25, 0.3) is 0 Å². The van der Waals surface area contributed by atoms with Crippen molar-refractivity contribution in [3.63, 3.8) is 0 Å². The molecule has 0 saturated heterocycles. The van der Waals surface area contributed by atoms with Crippen LogP contribution in [-0.2, 0) is 17.9 Å². The van der Waals surface area contributed by atoms with E-state index in [1.54, 1.807) is 13.0 Å². The van der Waals surface area contributed by atoms with Crippen molar-refractivity contribution in [2.24, 2.45) is 0 Å². The molecule has 3 heteroatoms.